The molecular weight excluding hydrogens is 316 g/mol. The number of hydrogen-bond acceptors (Lipinski definition) is 4. The first kappa shape index (κ1) is 17.7. The Bertz CT molecular complexity index is 637. The maximum atomic E-state index is 11.9. The number of nitrogens with zero attached hydrogens (tertiary/aromatic N) is 1. The SMILES string of the molecule is Cc1cccc(OCCC(=O)NC2CCN(S(C)(=O)=O)CC2)c1. The highest BCUT2D eigenvalue weighted by Crippen LogP contribution is 2.14. The van der Waals surface area contributed by atoms with Gasteiger partial charge in [0.1, 0.15) is 5.75 Å². The van der Waals surface area contributed by atoms with E-state index in [1.807, 2.05) is 31.2 Å². The third-order valence-corrected chi connectivity index (χ3v) is 5.18. The van der Waals surface area contributed by atoms with Gasteiger partial charge in [-0.3, -0.25) is 4.79 Å². The summed E-state index contributed by atoms with van der Waals surface area (Å²) in [6.45, 7) is 3.24. The fraction of sp³-hybridized carbons (Fsp3) is 0.562. The molecule has 1 saturated heterocycles. The van der Waals surface area contributed by atoms with Gasteiger partial charge in [-0.25, -0.2) is 12.7 Å². The van der Waals surface area contributed by atoms with Gasteiger partial charge in [0.05, 0.1) is 19.3 Å². The molecule has 7 heteroatoms. The van der Waals surface area contributed by atoms with Crippen LogP contribution in [0.15, 0.2) is 24.3 Å². The highest BCUT2D eigenvalue weighted by Gasteiger charge is 2.25. The molecule has 1 aromatic rings. The summed E-state index contributed by atoms with van der Waals surface area (Å²) in [7, 11) is -3.13. The number of rotatable bonds is 6. The predicted molar refractivity (Wildman–Crippen MR) is 88.9 cm³/mol. The summed E-state index contributed by atoms with van der Waals surface area (Å²) in [5.74, 6) is 0.703. The van der Waals surface area contributed by atoms with Crippen LogP contribution < -0.4 is 10.1 Å². The molecule has 0 atom stereocenters. The quantitative estimate of drug-likeness (QED) is 0.847. The lowest BCUT2D eigenvalue weighted by molar-refractivity contribution is -0.122. The van der Waals surface area contributed by atoms with Gasteiger partial charge in [0.15, 0.2) is 0 Å². The maximum absolute atomic E-state index is 11.9. The molecule has 1 aliphatic heterocycles. The van der Waals surface area contributed by atoms with E-state index in [1.54, 1.807) is 0 Å². The van der Waals surface area contributed by atoms with Crippen LogP contribution in [0.4, 0.5) is 0 Å². The van der Waals surface area contributed by atoms with Crippen LogP contribution in [0.1, 0.15) is 24.8 Å². The van der Waals surface area contributed by atoms with E-state index < -0.39 is 10.0 Å². The Hall–Kier alpha value is -1.60. The zero-order valence-corrected chi connectivity index (χ0v) is 14.4. The van der Waals surface area contributed by atoms with Crippen molar-refractivity contribution in [2.75, 3.05) is 26.0 Å². The van der Waals surface area contributed by atoms with Gasteiger partial charge in [0.25, 0.3) is 0 Å². The number of nitrogens with one attached hydrogen (secondary N) is 1. The molecule has 1 aromatic carbocycles. The minimum absolute atomic E-state index is 0.0412. The van der Waals surface area contributed by atoms with Crippen molar-refractivity contribution in [3.8, 4) is 5.75 Å². The first-order chi connectivity index (χ1) is 10.8. The Morgan fingerprint density at radius 1 is 1.35 bits per heavy atom. The largest absolute Gasteiger partial charge is 0.493 e. The summed E-state index contributed by atoms with van der Waals surface area (Å²) in [4.78, 5) is 11.9. The van der Waals surface area contributed by atoms with Crippen molar-refractivity contribution in [1.29, 1.82) is 0 Å². The van der Waals surface area contributed by atoms with Crippen molar-refractivity contribution < 1.29 is 17.9 Å². The van der Waals surface area contributed by atoms with E-state index in [0.29, 0.717) is 39.0 Å². The van der Waals surface area contributed by atoms with Gasteiger partial charge in [-0.15, -0.1) is 0 Å². The van der Waals surface area contributed by atoms with Gasteiger partial charge in [-0.1, -0.05) is 12.1 Å². The van der Waals surface area contributed by atoms with E-state index in [4.69, 9.17) is 4.74 Å². The average Bonchev–Trinajstić information content (AvgIpc) is 2.47. The first-order valence-corrected chi connectivity index (χ1v) is 9.63. The Morgan fingerprint density at radius 3 is 2.65 bits per heavy atom. The molecule has 128 valence electrons. The maximum Gasteiger partial charge on any atom is 0.223 e. The van der Waals surface area contributed by atoms with Crippen LogP contribution in [0.5, 0.6) is 5.75 Å². The van der Waals surface area contributed by atoms with E-state index in [9.17, 15) is 13.2 Å². The van der Waals surface area contributed by atoms with Crippen molar-refractivity contribution in [1.82, 2.24) is 9.62 Å². The average molecular weight is 340 g/mol. The van der Waals surface area contributed by atoms with E-state index in [-0.39, 0.29) is 11.9 Å². The number of amides is 1. The molecule has 0 bridgehead atoms. The third kappa shape index (κ3) is 5.84. The number of ether oxygens (including phenoxy) is 1. The van der Waals surface area contributed by atoms with Crippen molar-refractivity contribution >= 4 is 15.9 Å². The standard InChI is InChI=1S/C16H24N2O4S/c1-13-4-3-5-15(12-13)22-11-8-16(19)17-14-6-9-18(10-7-14)23(2,20)21/h3-5,12,14H,6-11H2,1-2H3,(H,17,19). The second-order valence-corrected chi connectivity index (χ2v) is 7.90. The highest BCUT2D eigenvalue weighted by atomic mass is 32.2. The number of benzene rings is 1. The molecule has 1 fully saturated rings. The number of sulfonamides is 1. The lowest BCUT2D eigenvalue weighted by Crippen LogP contribution is -2.46. The Labute approximate surface area is 137 Å². The fourth-order valence-corrected chi connectivity index (χ4v) is 3.47. The molecule has 0 aliphatic carbocycles. The van der Waals surface area contributed by atoms with Gasteiger partial charge in [0, 0.05) is 19.1 Å². The van der Waals surface area contributed by atoms with Crippen LogP contribution in [0, 0.1) is 6.92 Å². The molecule has 2 rings (SSSR count). The van der Waals surface area contributed by atoms with E-state index in [0.717, 1.165) is 11.3 Å². The third-order valence-electron chi connectivity index (χ3n) is 3.88. The second-order valence-electron chi connectivity index (χ2n) is 5.92. The molecule has 0 unspecified atom stereocenters. The molecule has 0 radical (unpaired) electrons. The summed E-state index contributed by atoms with van der Waals surface area (Å²) < 4.78 is 29.9. The topological polar surface area (TPSA) is 75.7 Å². The van der Waals surface area contributed by atoms with Crippen molar-refractivity contribution in [3.05, 3.63) is 29.8 Å². The number of carbonyl (C=O) groups excluding carboxylic acids is 1. The summed E-state index contributed by atoms with van der Waals surface area (Å²) in [5.41, 5.74) is 1.12. The van der Waals surface area contributed by atoms with Gasteiger partial charge >= 0.3 is 0 Å². The molecule has 1 N–H and O–H groups in total. The Balaban J connectivity index is 1.68. The summed E-state index contributed by atoms with van der Waals surface area (Å²) in [6.07, 6.45) is 2.81. The summed E-state index contributed by atoms with van der Waals surface area (Å²) in [6, 6.07) is 7.74. The lowest BCUT2D eigenvalue weighted by Gasteiger charge is -2.30. The molecule has 1 amide bonds. The van der Waals surface area contributed by atoms with E-state index >= 15 is 0 Å². The molecule has 1 heterocycles. The summed E-state index contributed by atoms with van der Waals surface area (Å²) in [5, 5.41) is 2.95. The number of aryl methyl sites for hydroxylation is 1. The number of piperidine rings is 1. The number of hydrogen-bond donors (Lipinski definition) is 1. The molecule has 0 aromatic heterocycles. The molecule has 6 nitrogen and oxygen atoms in total. The van der Waals surface area contributed by atoms with Crippen molar-refractivity contribution in [2.45, 2.75) is 32.2 Å². The first-order valence-electron chi connectivity index (χ1n) is 7.78. The molecule has 1 aliphatic rings. The Morgan fingerprint density at radius 2 is 2.04 bits per heavy atom. The van der Waals surface area contributed by atoms with Gasteiger partial charge in [-0.05, 0) is 37.5 Å². The van der Waals surface area contributed by atoms with Crippen LogP contribution in [0.2, 0.25) is 0 Å². The molecule has 23 heavy (non-hydrogen) atoms. The minimum atomic E-state index is -3.13. The van der Waals surface area contributed by atoms with Crippen LogP contribution in [-0.4, -0.2) is 50.6 Å². The lowest BCUT2D eigenvalue weighted by atomic mass is 10.1. The molecular formula is C16H24N2O4S. The normalized spacial score (nSPS) is 17.0. The smallest absolute Gasteiger partial charge is 0.223 e. The minimum Gasteiger partial charge on any atom is -0.493 e. The van der Waals surface area contributed by atoms with Crippen molar-refractivity contribution in [3.63, 3.8) is 0 Å². The highest BCUT2D eigenvalue weighted by molar-refractivity contribution is 7.88. The van der Waals surface area contributed by atoms with Gasteiger partial charge in [0.2, 0.25) is 15.9 Å². The predicted octanol–water partition coefficient (Wildman–Crippen LogP) is 1.30. The van der Waals surface area contributed by atoms with E-state index in [2.05, 4.69) is 5.32 Å². The number of carbonyl (C=O) groups is 1. The Kier molecular flexibility index (Phi) is 6.01. The second kappa shape index (κ2) is 7.79. The van der Waals surface area contributed by atoms with Gasteiger partial charge < -0.3 is 10.1 Å². The fourth-order valence-electron chi connectivity index (χ4n) is 2.60. The monoisotopic (exact) mass is 340 g/mol. The van der Waals surface area contributed by atoms with Crippen molar-refractivity contribution in [2.24, 2.45) is 0 Å². The van der Waals surface area contributed by atoms with Crippen LogP contribution in [0.25, 0.3) is 0 Å². The molecule has 0 spiro atoms. The molecule has 0 saturated carbocycles. The van der Waals surface area contributed by atoms with Gasteiger partial charge in [-0.2, -0.15) is 0 Å². The zero-order chi connectivity index (χ0) is 16.9. The zero-order valence-electron chi connectivity index (χ0n) is 13.6. The van der Waals surface area contributed by atoms with Crippen LogP contribution >= 0.6 is 0 Å². The van der Waals surface area contributed by atoms with E-state index in [1.165, 1.54) is 10.6 Å². The van der Waals surface area contributed by atoms with Crippen LogP contribution in [0.3, 0.4) is 0 Å². The van der Waals surface area contributed by atoms with Crippen LogP contribution in [-0.2, 0) is 14.8 Å². The summed E-state index contributed by atoms with van der Waals surface area (Å²) >= 11 is 0.